The number of rotatable bonds is 4. The first-order valence-corrected chi connectivity index (χ1v) is 11.0. The van der Waals surface area contributed by atoms with Crippen LogP contribution in [0.4, 0.5) is 26.3 Å². The van der Waals surface area contributed by atoms with Crippen molar-refractivity contribution in [2.75, 3.05) is 0 Å². The third kappa shape index (κ3) is 5.69. The lowest BCUT2D eigenvalue weighted by molar-refractivity contribution is -0.143. The van der Waals surface area contributed by atoms with Crippen LogP contribution in [0.15, 0.2) is 57.4 Å². The molecule has 172 valence electrons. The second-order valence-corrected chi connectivity index (χ2v) is 9.57. The van der Waals surface area contributed by atoms with Crippen molar-refractivity contribution in [1.29, 1.82) is 5.26 Å². The van der Waals surface area contributed by atoms with E-state index in [1.54, 1.807) is 0 Å². The van der Waals surface area contributed by atoms with Gasteiger partial charge in [0.05, 0.1) is 16.0 Å². The summed E-state index contributed by atoms with van der Waals surface area (Å²) in [5.74, 6) is 0. The number of nitrogens with zero attached hydrogens (tertiary/aromatic N) is 2. The van der Waals surface area contributed by atoms with Gasteiger partial charge in [-0.05, 0) is 47.6 Å². The van der Waals surface area contributed by atoms with E-state index in [1.165, 1.54) is 0 Å². The van der Waals surface area contributed by atoms with Crippen molar-refractivity contribution in [2.45, 2.75) is 22.1 Å². The third-order valence-electron chi connectivity index (χ3n) is 3.54. The zero-order valence-electron chi connectivity index (χ0n) is 14.9. The molecule has 0 atom stereocenters. The Kier molecular flexibility index (Phi) is 6.84. The first kappa shape index (κ1) is 25.4. The van der Waals surface area contributed by atoms with E-state index in [0.717, 1.165) is 30.3 Å². The van der Waals surface area contributed by atoms with Gasteiger partial charge in [-0.25, -0.2) is 8.42 Å². The molecule has 0 aromatic heterocycles. The Hall–Kier alpha value is -2.83. The molecule has 0 radical (unpaired) electrons. The standard InChI is InChI=1S/C16H7ClF6N2O5S2/c17-11-1-3-12(4-2-11)31(26,27)14(8-24)25-30-32(28,29)13-6-9(15(18,19)20)5-10(7-13)16(21,22)23/h1-7H/b25-14-. The van der Waals surface area contributed by atoms with E-state index in [0.29, 0.717) is 0 Å². The topological polar surface area (TPSA) is 114 Å². The molecular formula is C16H7ClF6N2O5S2. The van der Waals surface area contributed by atoms with Crippen LogP contribution in [0, 0.1) is 11.3 Å². The molecule has 0 aliphatic heterocycles. The van der Waals surface area contributed by atoms with Crippen LogP contribution in [0.5, 0.6) is 0 Å². The zero-order valence-corrected chi connectivity index (χ0v) is 17.3. The second-order valence-electron chi connectivity index (χ2n) is 5.74. The van der Waals surface area contributed by atoms with Gasteiger partial charge in [-0.2, -0.15) is 40.0 Å². The van der Waals surface area contributed by atoms with Crippen LogP contribution < -0.4 is 0 Å². The number of halogens is 7. The largest absolute Gasteiger partial charge is 0.416 e. The lowest BCUT2D eigenvalue weighted by atomic mass is 10.1. The number of sulfone groups is 1. The number of hydrogen-bond donors (Lipinski definition) is 0. The van der Waals surface area contributed by atoms with E-state index in [9.17, 15) is 43.2 Å². The number of hydrogen-bond acceptors (Lipinski definition) is 7. The van der Waals surface area contributed by atoms with Crippen molar-refractivity contribution >= 4 is 36.6 Å². The van der Waals surface area contributed by atoms with Gasteiger partial charge in [0.2, 0.25) is 9.84 Å². The number of alkyl halides is 6. The van der Waals surface area contributed by atoms with Gasteiger partial charge >= 0.3 is 22.5 Å². The molecule has 0 fully saturated rings. The molecule has 0 aliphatic rings. The fourth-order valence-corrected chi connectivity index (χ4v) is 4.00. The van der Waals surface area contributed by atoms with E-state index in [1.807, 2.05) is 0 Å². The molecule has 0 N–H and O–H groups in total. The highest BCUT2D eigenvalue weighted by Gasteiger charge is 2.38. The minimum absolute atomic E-state index is 0.114. The van der Waals surface area contributed by atoms with E-state index in [2.05, 4.69) is 9.44 Å². The number of benzene rings is 2. The molecule has 16 heteroatoms. The minimum Gasteiger partial charge on any atom is -0.263 e. The maximum absolute atomic E-state index is 12.9. The van der Waals surface area contributed by atoms with Crippen molar-refractivity contribution in [3.63, 3.8) is 0 Å². The van der Waals surface area contributed by atoms with Gasteiger partial charge in [0.25, 0.3) is 5.04 Å². The predicted molar refractivity (Wildman–Crippen MR) is 96.4 cm³/mol. The van der Waals surface area contributed by atoms with Gasteiger partial charge in [-0.15, -0.1) is 0 Å². The van der Waals surface area contributed by atoms with Crippen molar-refractivity contribution in [3.05, 3.63) is 58.6 Å². The monoisotopic (exact) mass is 520 g/mol. The van der Waals surface area contributed by atoms with Crippen molar-refractivity contribution < 1.29 is 47.5 Å². The van der Waals surface area contributed by atoms with E-state index >= 15 is 0 Å². The van der Waals surface area contributed by atoms with Crippen LogP contribution >= 0.6 is 11.6 Å². The Balaban J connectivity index is 2.53. The van der Waals surface area contributed by atoms with Gasteiger partial charge in [0.15, 0.2) is 0 Å². The molecule has 0 unspecified atom stereocenters. The first-order valence-electron chi connectivity index (χ1n) is 7.70. The maximum atomic E-state index is 12.9. The van der Waals surface area contributed by atoms with Gasteiger partial charge in [-0.1, -0.05) is 11.6 Å². The normalized spacial score (nSPS) is 13.5. The lowest BCUT2D eigenvalue weighted by Crippen LogP contribution is -2.16. The Bertz CT molecular complexity index is 1280. The van der Waals surface area contributed by atoms with Crippen LogP contribution in [-0.4, -0.2) is 21.9 Å². The quantitative estimate of drug-likeness (QED) is 0.256. The molecule has 2 aromatic rings. The van der Waals surface area contributed by atoms with E-state index < -0.39 is 58.3 Å². The number of oxime groups is 1. The Morgan fingerprint density at radius 2 is 1.34 bits per heavy atom. The molecule has 7 nitrogen and oxygen atoms in total. The highest BCUT2D eigenvalue weighted by molar-refractivity contribution is 8.07. The molecule has 0 heterocycles. The molecule has 0 spiro atoms. The fraction of sp³-hybridized carbons (Fsp3) is 0.125. The molecule has 0 bridgehead atoms. The highest BCUT2D eigenvalue weighted by atomic mass is 35.5. The summed E-state index contributed by atoms with van der Waals surface area (Å²) in [4.78, 5) is -2.19. The van der Waals surface area contributed by atoms with E-state index in [-0.39, 0.29) is 23.2 Å². The summed E-state index contributed by atoms with van der Waals surface area (Å²) < 4.78 is 130. The van der Waals surface area contributed by atoms with Crippen LogP contribution in [0.3, 0.4) is 0 Å². The highest BCUT2D eigenvalue weighted by Crippen LogP contribution is 2.37. The minimum atomic E-state index is -5.50. The molecule has 2 aromatic carbocycles. The SMILES string of the molecule is N#C/C(=N/OS(=O)(=O)c1cc(C(F)(F)F)cc(C(F)(F)F)c1)S(=O)(=O)c1ccc(Cl)cc1. The van der Waals surface area contributed by atoms with Gasteiger partial charge in [0.1, 0.15) is 11.0 Å². The summed E-state index contributed by atoms with van der Waals surface area (Å²) in [5.41, 5.74) is -3.93. The van der Waals surface area contributed by atoms with Crippen LogP contribution in [0.2, 0.25) is 5.02 Å². The molecular weight excluding hydrogens is 514 g/mol. The summed E-state index contributed by atoms with van der Waals surface area (Å²) in [6, 6.07) is 4.46. The Labute approximate surface area is 181 Å². The Morgan fingerprint density at radius 3 is 1.75 bits per heavy atom. The first-order chi connectivity index (χ1) is 14.5. The van der Waals surface area contributed by atoms with Crippen LogP contribution in [0.25, 0.3) is 0 Å². The maximum Gasteiger partial charge on any atom is 0.416 e. The average Bonchev–Trinajstić information content (AvgIpc) is 2.67. The summed E-state index contributed by atoms with van der Waals surface area (Å²) >= 11 is 5.60. The molecule has 2 rings (SSSR count). The second kappa shape index (κ2) is 8.60. The zero-order chi connectivity index (χ0) is 24.5. The molecule has 0 amide bonds. The fourth-order valence-electron chi connectivity index (χ4n) is 2.05. The Morgan fingerprint density at radius 1 is 0.875 bits per heavy atom. The predicted octanol–water partition coefficient (Wildman–Crippen LogP) is 4.39. The van der Waals surface area contributed by atoms with E-state index in [4.69, 9.17) is 16.9 Å². The summed E-state index contributed by atoms with van der Waals surface area (Å²) in [6.07, 6.45) is -10.7. The number of nitriles is 1. The molecule has 32 heavy (non-hydrogen) atoms. The van der Waals surface area contributed by atoms with Gasteiger partial charge in [0, 0.05) is 5.02 Å². The molecule has 0 aliphatic carbocycles. The lowest BCUT2D eigenvalue weighted by Gasteiger charge is -2.13. The van der Waals surface area contributed by atoms with Crippen molar-refractivity contribution in [1.82, 2.24) is 0 Å². The summed E-state index contributed by atoms with van der Waals surface area (Å²) in [7, 11) is -10.3. The summed E-state index contributed by atoms with van der Waals surface area (Å²) in [6.45, 7) is 0. The average molecular weight is 521 g/mol. The van der Waals surface area contributed by atoms with Crippen molar-refractivity contribution in [3.8, 4) is 6.07 Å². The smallest absolute Gasteiger partial charge is 0.263 e. The van der Waals surface area contributed by atoms with Crippen LogP contribution in [0.1, 0.15) is 11.1 Å². The molecule has 0 saturated carbocycles. The third-order valence-corrected chi connectivity index (χ3v) is 6.45. The van der Waals surface area contributed by atoms with Gasteiger partial charge < -0.3 is 0 Å². The summed E-state index contributed by atoms with van der Waals surface area (Å²) in [5, 5.41) is 10.2. The molecule has 0 saturated heterocycles. The van der Waals surface area contributed by atoms with Crippen molar-refractivity contribution in [2.24, 2.45) is 5.16 Å². The van der Waals surface area contributed by atoms with Crippen LogP contribution in [-0.2, 0) is 36.6 Å². The van der Waals surface area contributed by atoms with Gasteiger partial charge in [-0.3, -0.25) is 4.28 Å².